The van der Waals surface area contributed by atoms with Gasteiger partial charge in [-0.25, -0.2) is 0 Å². The number of aromatic nitrogens is 2. The highest BCUT2D eigenvalue weighted by Gasteiger charge is 2.22. The second kappa shape index (κ2) is 8.65. The van der Waals surface area contributed by atoms with Crippen LogP contribution in [0.3, 0.4) is 0 Å². The van der Waals surface area contributed by atoms with Gasteiger partial charge in [-0.05, 0) is 38.0 Å². The zero-order valence-electron chi connectivity index (χ0n) is 16.0. The lowest BCUT2D eigenvalue weighted by molar-refractivity contribution is 0.0939. The Hall–Kier alpha value is -2.21. The molecule has 146 valence electrons. The first-order valence-corrected chi connectivity index (χ1v) is 9.82. The van der Waals surface area contributed by atoms with E-state index >= 15 is 0 Å². The lowest BCUT2D eigenvalue weighted by Crippen LogP contribution is -2.27. The predicted octanol–water partition coefficient (Wildman–Crippen LogP) is 4.30. The summed E-state index contributed by atoms with van der Waals surface area (Å²) in [6.45, 7) is 7.83. The van der Waals surface area contributed by atoms with Gasteiger partial charge in [0.15, 0.2) is 11.5 Å². The Bertz CT molecular complexity index is 819. The summed E-state index contributed by atoms with van der Waals surface area (Å²) >= 11 is 6.41. The van der Waals surface area contributed by atoms with Gasteiger partial charge >= 0.3 is 0 Å². The van der Waals surface area contributed by atoms with Crippen molar-refractivity contribution in [1.29, 1.82) is 0 Å². The van der Waals surface area contributed by atoms with Crippen molar-refractivity contribution < 1.29 is 14.3 Å². The molecule has 0 aliphatic carbocycles. The lowest BCUT2D eigenvalue weighted by Gasteiger charge is -2.16. The Labute approximate surface area is 164 Å². The highest BCUT2D eigenvalue weighted by molar-refractivity contribution is 6.33. The van der Waals surface area contributed by atoms with Gasteiger partial charge in [0.2, 0.25) is 0 Å². The molecular weight excluding hydrogens is 366 g/mol. The number of rotatable bonds is 6. The molecule has 1 aliphatic rings. The average Bonchev–Trinajstić information content (AvgIpc) is 2.81. The number of fused-ring (bicyclic) bond motifs is 1. The summed E-state index contributed by atoms with van der Waals surface area (Å²) in [7, 11) is 0. The molecule has 0 saturated heterocycles. The maximum absolute atomic E-state index is 12.8. The second-order valence-corrected chi connectivity index (χ2v) is 7.14. The molecule has 0 radical (unpaired) electrons. The third-order valence-electron chi connectivity index (χ3n) is 4.64. The monoisotopic (exact) mass is 391 g/mol. The summed E-state index contributed by atoms with van der Waals surface area (Å²) in [6, 6.07) is 5.55. The number of hydrogen-bond acceptors (Lipinski definition) is 4. The van der Waals surface area contributed by atoms with E-state index in [4.69, 9.17) is 21.1 Å². The molecule has 1 aromatic heterocycles. The quantitative estimate of drug-likeness (QED) is 0.797. The van der Waals surface area contributed by atoms with E-state index in [1.54, 1.807) is 4.68 Å². The standard InChI is InChI=1S/C20H26ClN3O3/c1-4-5-9-24-19(21)18(14(3)23-24)20(25)22-13(2)15-7-8-16-17(12-15)27-11-6-10-26-16/h7-8,12-13H,4-6,9-11H2,1-3H3,(H,22,25). The van der Waals surface area contributed by atoms with Gasteiger partial charge < -0.3 is 14.8 Å². The molecule has 7 heteroatoms. The maximum atomic E-state index is 12.8. The van der Waals surface area contributed by atoms with E-state index in [0.29, 0.717) is 41.9 Å². The number of amides is 1. The summed E-state index contributed by atoms with van der Waals surface area (Å²) in [5, 5.41) is 7.81. The smallest absolute Gasteiger partial charge is 0.256 e. The molecule has 0 spiro atoms. The van der Waals surface area contributed by atoms with Gasteiger partial charge in [-0.15, -0.1) is 0 Å². The number of aryl methyl sites for hydroxylation is 2. The summed E-state index contributed by atoms with van der Waals surface area (Å²) in [5.41, 5.74) is 2.02. The molecule has 3 rings (SSSR count). The van der Waals surface area contributed by atoms with Gasteiger partial charge in [-0.3, -0.25) is 9.48 Å². The maximum Gasteiger partial charge on any atom is 0.256 e. The van der Waals surface area contributed by atoms with Crippen LogP contribution in [0.1, 0.15) is 60.8 Å². The number of nitrogens with zero attached hydrogens (tertiary/aromatic N) is 2. The molecule has 1 aliphatic heterocycles. The van der Waals surface area contributed by atoms with Crippen LogP contribution < -0.4 is 14.8 Å². The molecule has 27 heavy (non-hydrogen) atoms. The third-order valence-corrected chi connectivity index (χ3v) is 5.02. The minimum atomic E-state index is -0.222. The zero-order valence-corrected chi connectivity index (χ0v) is 16.8. The molecule has 1 amide bonds. The summed E-state index contributed by atoms with van der Waals surface area (Å²) in [6.07, 6.45) is 2.86. The van der Waals surface area contributed by atoms with Crippen molar-refractivity contribution in [2.75, 3.05) is 13.2 Å². The van der Waals surface area contributed by atoms with Crippen LogP contribution >= 0.6 is 11.6 Å². The largest absolute Gasteiger partial charge is 0.490 e. The van der Waals surface area contributed by atoms with Crippen LogP contribution in [0, 0.1) is 6.92 Å². The van der Waals surface area contributed by atoms with Crippen LogP contribution in [0.15, 0.2) is 18.2 Å². The van der Waals surface area contributed by atoms with Crippen molar-refractivity contribution in [2.45, 2.75) is 52.6 Å². The first-order valence-electron chi connectivity index (χ1n) is 9.44. The first-order chi connectivity index (χ1) is 13.0. The number of unbranched alkanes of at least 4 members (excludes halogenated alkanes) is 1. The lowest BCUT2D eigenvalue weighted by atomic mass is 10.1. The van der Waals surface area contributed by atoms with Crippen LogP contribution in [0.5, 0.6) is 11.5 Å². The van der Waals surface area contributed by atoms with Gasteiger partial charge in [-0.2, -0.15) is 5.10 Å². The third kappa shape index (κ3) is 4.38. The molecule has 1 atom stereocenters. The van der Waals surface area contributed by atoms with Crippen LogP contribution in [-0.2, 0) is 6.54 Å². The molecule has 1 aromatic carbocycles. The molecule has 2 aromatic rings. The second-order valence-electron chi connectivity index (χ2n) is 6.78. The summed E-state index contributed by atoms with van der Waals surface area (Å²) < 4.78 is 13.1. The Kier molecular flexibility index (Phi) is 6.26. The van der Waals surface area contributed by atoms with Crippen LogP contribution in [0.4, 0.5) is 0 Å². The van der Waals surface area contributed by atoms with Gasteiger partial charge in [0.05, 0.1) is 30.5 Å². The molecule has 1 N–H and O–H groups in total. The van der Waals surface area contributed by atoms with E-state index in [9.17, 15) is 4.79 Å². The van der Waals surface area contributed by atoms with E-state index in [1.807, 2.05) is 32.0 Å². The fraction of sp³-hybridized carbons (Fsp3) is 0.500. The van der Waals surface area contributed by atoms with Gasteiger partial charge in [0.25, 0.3) is 5.91 Å². The van der Waals surface area contributed by atoms with Crippen molar-refractivity contribution in [1.82, 2.24) is 15.1 Å². The van der Waals surface area contributed by atoms with E-state index in [1.165, 1.54) is 0 Å². The Morgan fingerprint density at radius 3 is 2.81 bits per heavy atom. The van der Waals surface area contributed by atoms with Crippen LogP contribution in [0.25, 0.3) is 0 Å². The summed E-state index contributed by atoms with van der Waals surface area (Å²) in [4.78, 5) is 12.8. The summed E-state index contributed by atoms with van der Waals surface area (Å²) in [5.74, 6) is 1.23. The average molecular weight is 392 g/mol. The zero-order chi connectivity index (χ0) is 19.4. The molecule has 2 heterocycles. The van der Waals surface area contributed by atoms with Crippen molar-refractivity contribution in [3.63, 3.8) is 0 Å². The van der Waals surface area contributed by atoms with Crippen molar-refractivity contribution in [3.05, 3.63) is 40.2 Å². The topological polar surface area (TPSA) is 65.4 Å². The van der Waals surface area contributed by atoms with Crippen molar-refractivity contribution in [3.8, 4) is 11.5 Å². The fourth-order valence-corrected chi connectivity index (χ4v) is 3.41. The van der Waals surface area contributed by atoms with Gasteiger partial charge in [0, 0.05) is 13.0 Å². The number of halogens is 1. The van der Waals surface area contributed by atoms with Gasteiger partial charge in [0.1, 0.15) is 5.15 Å². The SMILES string of the molecule is CCCCn1nc(C)c(C(=O)NC(C)c2ccc3c(c2)OCCCO3)c1Cl. The fourth-order valence-electron chi connectivity index (χ4n) is 3.07. The Morgan fingerprint density at radius 1 is 1.33 bits per heavy atom. The number of ether oxygens (including phenoxy) is 2. The number of nitrogens with one attached hydrogen (secondary N) is 1. The highest BCUT2D eigenvalue weighted by atomic mass is 35.5. The van der Waals surface area contributed by atoms with E-state index in [-0.39, 0.29) is 11.9 Å². The molecule has 1 unspecified atom stereocenters. The predicted molar refractivity (Wildman–Crippen MR) is 105 cm³/mol. The van der Waals surface area contributed by atoms with Crippen molar-refractivity contribution >= 4 is 17.5 Å². The van der Waals surface area contributed by atoms with E-state index in [0.717, 1.165) is 30.6 Å². The number of hydrogen-bond donors (Lipinski definition) is 1. The highest BCUT2D eigenvalue weighted by Crippen LogP contribution is 2.32. The molecule has 0 bridgehead atoms. The molecular formula is C20H26ClN3O3. The Morgan fingerprint density at radius 2 is 2.07 bits per heavy atom. The van der Waals surface area contributed by atoms with Crippen LogP contribution in [0.2, 0.25) is 5.15 Å². The van der Waals surface area contributed by atoms with Gasteiger partial charge in [-0.1, -0.05) is 31.0 Å². The first kappa shape index (κ1) is 19.5. The molecule has 0 fully saturated rings. The van der Waals surface area contributed by atoms with Crippen molar-refractivity contribution in [2.24, 2.45) is 0 Å². The Balaban J connectivity index is 1.74. The number of benzene rings is 1. The number of carbonyl (C=O) groups excluding carboxylic acids is 1. The van der Waals surface area contributed by atoms with E-state index < -0.39 is 0 Å². The minimum Gasteiger partial charge on any atom is -0.490 e. The van der Waals surface area contributed by atoms with E-state index in [2.05, 4.69) is 17.3 Å². The normalized spacial score (nSPS) is 14.5. The molecule has 0 saturated carbocycles. The minimum absolute atomic E-state index is 0.205. The molecule has 6 nitrogen and oxygen atoms in total. The number of carbonyl (C=O) groups is 1. The van der Waals surface area contributed by atoms with Crippen LogP contribution in [-0.4, -0.2) is 28.9 Å².